The maximum Gasteiger partial charge on any atom is 0.223 e. The molecule has 1 saturated heterocycles. The maximum absolute atomic E-state index is 5.79. The number of nitrogen functional groups attached to an aromatic ring is 1. The van der Waals surface area contributed by atoms with Crippen LogP contribution in [-0.2, 0) is 4.74 Å². The van der Waals surface area contributed by atoms with Crippen LogP contribution < -0.4 is 16.0 Å². The van der Waals surface area contributed by atoms with Crippen molar-refractivity contribution in [2.75, 3.05) is 49.3 Å². The number of aromatic nitrogens is 2. The standard InChI is InChI=1S/C14H25N5O/c1-3-6-16-12-9-13(18-14(15)17-12)19(2)10-11-4-7-20-8-5-11/h9,11H,3-8,10H2,1-2H3,(H3,15,16,17,18). The molecular weight excluding hydrogens is 254 g/mol. The van der Waals surface area contributed by atoms with Crippen LogP contribution in [0.2, 0.25) is 0 Å². The highest BCUT2D eigenvalue weighted by Gasteiger charge is 2.17. The zero-order valence-corrected chi connectivity index (χ0v) is 12.4. The zero-order valence-electron chi connectivity index (χ0n) is 12.4. The Labute approximate surface area is 120 Å². The summed E-state index contributed by atoms with van der Waals surface area (Å²) < 4.78 is 5.40. The van der Waals surface area contributed by atoms with Gasteiger partial charge in [0.05, 0.1) is 0 Å². The first-order chi connectivity index (χ1) is 9.69. The van der Waals surface area contributed by atoms with Gasteiger partial charge >= 0.3 is 0 Å². The van der Waals surface area contributed by atoms with E-state index in [-0.39, 0.29) is 0 Å². The normalized spacial score (nSPS) is 16.1. The molecule has 1 aliphatic rings. The second-order valence-corrected chi connectivity index (χ2v) is 5.33. The minimum Gasteiger partial charge on any atom is -0.381 e. The van der Waals surface area contributed by atoms with Crippen molar-refractivity contribution < 1.29 is 4.74 Å². The van der Waals surface area contributed by atoms with Gasteiger partial charge in [0.15, 0.2) is 0 Å². The van der Waals surface area contributed by atoms with Crippen molar-refractivity contribution in [2.24, 2.45) is 5.92 Å². The summed E-state index contributed by atoms with van der Waals surface area (Å²) in [6.07, 6.45) is 3.29. The van der Waals surface area contributed by atoms with Crippen molar-refractivity contribution in [3.8, 4) is 0 Å². The number of nitrogens with zero attached hydrogens (tertiary/aromatic N) is 3. The SMILES string of the molecule is CCCNc1cc(N(C)CC2CCOCC2)nc(N)n1. The van der Waals surface area contributed by atoms with E-state index in [0.29, 0.717) is 11.9 Å². The van der Waals surface area contributed by atoms with E-state index >= 15 is 0 Å². The highest BCUT2D eigenvalue weighted by atomic mass is 16.5. The largest absolute Gasteiger partial charge is 0.381 e. The molecule has 0 aromatic carbocycles. The zero-order chi connectivity index (χ0) is 14.4. The molecule has 0 spiro atoms. The van der Waals surface area contributed by atoms with Gasteiger partial charge in [-0.25, -0.2) is 0 Å². The fraction of sp³-hybridized carbons (Fsp3) is 0.714. The van der Waals surface area contributed by atoms with Crippen molar-refractivity contribution in [3.63, 3.8) is 0 Å². The predicted octanol–water partition coefficient (Wildman–Crippen LogP) is 1.74. The number of ether oxygens (including phenoxy) is 1. The van der Waals surface area contributed by atoms with Gasteiger partial charge < -0.3 is 20.7 Å². The Morgan fingerprint density at radius 3 is 2.85 bits per heavy atom. The molecule has 3 N–H and O–H groups in total. The fourth-order valence-corrected chi connectivity index (χ4v) is 2.40. The monoisotopic (exact) mass is 279 g/mol. The minimum atomic E-state index is 0.319. The molecule has 0 unspecified atom stereocenters. The van der Waals surface area contributed by atoms with E-state index in [2.05, 4.69) is 34.2 Å². The number of nitrogens with one attached hydrogen (secondary N) is 1. The van der Waals surface area contributed by atoms with Gasteiger partial charge in [0.1, 0.15) is 11.6 Å². The minimum absolute atomic E-state index is 0.319. The van der Waals surface area contributed by atoms with E-state index in [1.165, 1.54) is 0 Å². The summed E-state index contributed by atoms with van der Waals surface area (Å²) in [5.74, 6) is 2.66. The van der Waals surface area contributed by atoms with Crippen LogP contribution in [0.15, 0.2) is 6.07 Å². The lowest BCUT2D eigenvalue weighted by Crippen LogP contribution is -2.30. The number of anilines is 3. The molecule has 20 heavy (non-hydrogen) atoms. The Hall–Kier alpha value is -1.56. The molecule has 1 aliphatic heterocycles. The Bertz CT molecular complexity index is 420. The number of rotatable bonds is 6. The summed E-state index contributed by atoms with van der Waals surface area (Å²) in [7, 11) is 2.06. The second-order valence-electron chi connectivity index (χ2n) is 5.33. The summed E-state index contributed by atoms with van der Waals surface area (Å²) >= 11 is 0. The van der Waals surface area contributed by atoms with Gasteiger partial charge in [-0.3, -0.25) is 0 Å². The van der Waals surface area contributed by atoms with E-state index in [0.717, 1.165) is 57.2 Å². The molecule has 6 heteroatoms. The van der Waals surface area contributed by atoms with Gasteiger partial charge in [-0.2, -0.15) is 9.97 Å². The Morgan fingerprint density at radius 2 is 2.15 bits per heavy atom. The average molecular weight is 279 g/mol. The third-order valence-electron chi connectivity index (χ3n) is 3.55. The van der Waals surface area contributed by atoms with Crippen molar-refractivity contribution in [3.05, 3.63) is 6.07 Å². The van der Waals surface area contributed by atoms with Crippen LogP contribution in [0.4, 0.5) is 17.6 Å². The van der Waals surface area contributed by atoms with E-state index < -0.39 is 0 Å². The molecule has 2 heterocycles. The lowest BCUT2D eigenvalue weighted by Gasteiger charge is -2.28. The average Bonchev–Trinajstić information content (AvgIpc) is 2.45. The molecule has 0 aliphatic carbocycles. The number of nitrogens with two attached hydrogens (primary N) is 1. The van der Waals surface area contributed by atoms with Crippen molar-refractivity contribution >= 4 is 17.6 Å². The number of hydrogen-bond acceptors (Lipinski definition) is 6. The molecule has 1 fully saturated rings. The first-order valence-corrected chi connectivity index (χ1v) is 7.36. The molecule has 0 amide bonds. The lowest BCUT2D eigenvalue weighted by molar-refractivity contribution is 0.0685. The quantitative estimate of drug-likeness (QED) is 0.826. The van der Waals surface area contributed by atoms with Crippen molar-refractivity contribution in [1.82, 2.24) is 9.97 Å². The second kappa shape index (κ2) is 7.28. The molecule has 2 rings (SSSR count). The van der Waals surface area contributed by atoms with Gasteiger partial charge in [-0.1, -0.05) is 6.92 Å². The van der Waals surface area contributed by atoms with E-state index in [9.17, 15) is 0 Å². The van der Waals surface area contributed by atoms with Crippen molar-refractivity contribution in [1.29, 1.82) is 0 Å². The summed E-state index contributed by atoms with van der Waals surface area (Å²) in [5, 5.41) is 3.26. The number of hydrogen-bond donors (Lipinski definition) is 2. The van der Waals surface area contributed by atoms with Crippen LogP contribution in [-0.4, -0.2) is 43.3 Å². The molecule has 0 saturated carbocycles. The summed E-state index contributed by atoms with van der Waals surface area (Å²) in [6, 6.07) is 1.96. The first-order valence-electron chi connectivity index (χ1n) is 7.36. The van der Waals surface area contributed by atoms with E-state index in [1.54, 1.807) is 0 Å². The topological polar surface area (TPSA) is 76.3 Å². The Kier molecular flexibility index (Phi) is 5.40. The predicted molar refractivity (Wildman–Crippen MR) is 82.0 cm³/mol. The summed E-state index contributed by atoms with van der Waals surface area (Å²) in [4.78, 5) is 10.7. The van der Waals surface area contributed by atoms with Crippen LogP contribution in [0, 0.1) is 5.92 Å². The first kappa shape index (κ1) is 14.8. The molecule has 1 aromatic heterocycles. The van der Waals surface area contributed by atoms with Gasteiger partial charge in [-0.15, -0.1) is 0 Å². The van der Waals surface area contributed by atoms with Crippen LogP contribution in [0.3, 0.4) is 0 Å². The van der Waals surface area contributed by atoms with Crippen LogP contribution in [0.25, 0.3) is 0 Å². The lowest BCUT2D eigenvalue weighted by atomic mass is 10.00. The van der Waals surface area contributed by atoms with Gasteiger partial charge in [-0.05, 0) is 25.2 Å². The van der Waals surface area contributed by atoms with Crippen LogP contribution in [0.5, 0.6) is 0 Å². The Morgan fingerprint density at radius 1 is 1.40 bits per heavy atom. The molecule has 0 radical (unpaired) electrons. The smallest absolute Gasteiger partial charge is 0.223 e. The van der Waals surface area contributed by atoms with Gasteiger partial charge in [0, 0.05) is 39.4 Å². The Balaban J connectivity index is 2.00. The molecule has 112 valence electrons. The fourth-order valence-electron chi connectivity index (χ4n) is 2.40. The van der Waals surface area contributed by atoms with Gasteiger partial charge in [0.2, 0.25) is 5.95 Å². The highest BCUT2D eigenvalue weighted by molar-refractivity contribution is 5.52. The van der Waals surface area contributed by atoms with Crippen molar-refractivity contribution in [2.45, 2.75) is 26.2 Å². The summed E-state index contributed by atoms with van der Waals surface area (Å²) in [6.45, 7) is 5.73. The molecule has 0 bridgehead atoms. The third-order valence-corrected chi connectivity index (χ3v) is 3.55. The summed E-state index contributed by atoms with van der Waals surface area (Å²) in [5.41, 5.74) is 5.79. The maximum atomic E-state index is 5.79. The van der Waals surface area contributed by atoms with E-state index in [4.69, 9.17) is 10.5 Å². The third kappa shape index (κ3) is 4.23. The van der Waals surface area contributed by atoms with Gasteiger partial charge in [0.25, 0.3) is 0 Å². The highest BCUT2D eigenvalue weighted by Crippen LogP contribution is 2.21. The molecule has 0 atom stereocenters. The van der Waals surface area contributed by atoms with Crippen LogP contribution in [0.1, 0.15) is 26.2 Å². The van der Waals surface area contributed by atoms with E-state index in [1.807, 2.05) is 6.07 Å². The molecule has 1 aromatic rings. The molecule has 6 nitrogen and oxygen atoms in total. The molecular formula is C14H25N5O. The van der Waals surface area contributed by atoms with Crippen LogP contribution >= 0.6 is 0 Å².